The number of rotatable bonds is 11. The van der Waals surface area contributed by atoms with Gasteiger partial charge < -0.3 is 9.47 Å². The summed E-state index contributed by atoms with van der Waals surface area (Å²) in [7, 11) is -1.98. The molecule has 0 aliphatic carbocycles. The first kappa shape index (κ1) is 25.2. The smallest absolute Gasteiger partial charge is 0.243 e. The van der Waals surface area contributed by atoms with Crippen LogP contribution in [-0.2, 0) is 16.6 Å². The molecule has 3 rings (SSSR count). The second-order valence-corrected chi connectivity index (χ2v) is 9.43. The highest BCUT2D eigenvalue weighted by Crippen LogP contribution is 2.29. The van der Waals surface area contributed by atoms with Gasteiger partial charge in [0.2, 0.25) is 10.0 Å². The number of methoxy groups -OCH3 is 1. The molecule has 6 nitrogen and oxygen atoms in total. The molecule has 0 saturated heterocycles. The molecule has 0 fully saturated rings. The van der Waals surface area contributed by atoms with Crippen molar-refractivity contribution in [3.8, 4) is 11.5 Å². The summed E-state index contributed by atoms with van der Waals surface area (Å²) in [5.74, 6) is 0.950. The van der Waals surface area contributed by atoms with Gasteiger partial charge in [-0.05, 0) is 53.6 Å². The number of hydrogen-bond donors (Lipinski definition) is 0. The summed E-state index contributed by atoms with van der Waals surface area (Å²) in [6.07, 6.45) is 3.15. The molecule has 0 radical (unpaired) electrons. The van der Waals surface area contributed by atoms with Crippen molar-refractivity contribution in [2.24, 2.45) is 0 Å². The molecule has 34 heavy (non-hydrogen) atoms. The number of sulfonamides is 1. The van der Waals surface area contributed by atoms with Crippen LogP contribution >= 0.6 is 0 Å². The van der Waals surface area contributed by atoms with E-state index in [0.29, 0.717) is 36.8 Å². The highest BCUT2D eigenvalue weighted by Gasteiger charge is 2.21. The molecule has 7 heteroatoms. The second-order valence-electron chi connectivity index (χ2n) is 7.50. The van der Waals surface area contributed by atoms with Crippen LogP contribution in [0.15, 0.2) is 83.8 Å². The van der Waals surface area contributed by atoms with E-state index in [2.05, 4.69) is 0 Å². The number of allylic oxidation sites excluding steroid dienone is 1. The molecule has 0 heterocycles. The summed E-state index contributed by atoms with van der Waals surface area (Å²) in [4.78, 5) is 12.8. The van der Waals surface area contributed by atoms with Crippen LogP contribution in [0.2, 0.25) is 0 Å². The SMILES string of the molecule is CCN(CC)S(=O)(=O)c1ccc(C(=O)C=Cc2ccc(OC)c(OCc3ccccc3)c2)cc1. The Kier molecular flexibility index (Phi) is 8.62. The fourth-order valence-electron chi connectivity index (χ4n) is 3.42. The lowest BCUT2D eigenvalue weighted by Crippen LogP contribution is -2.30. The van der Waals surface area contributed by atoms with Crippen molar-refractivity contribution in [3.63, 3.8) is 0 Å². The number of hydrogen-bond acceptors (Lipinski definition) is 5. The zero-order chi connectivity index (χ0) is 24.6. The van der Waals surface area contributed by atoms with Crippen LogP contribution < -0.4 is 9.47 Å². The van der Waals surface area contributed by atoms with Gasteiger partial charge in [0.1, 0.15) is 6.61 Å². The number of carbonyl (C=O) groups is 1. The quantitative estimate of drug-likeness (QED) is 0.279. The Morgan fingerprint density at radius 1 is 0.912 bits per heavy atom. The van der Waals surface area contributed by atoms with E-state index in [9.17, 15) is 13.2 Å². The molecule has 0 amide bonds. The summed E-state index contributed by atoms with van der Waals surface area (Å²) in [5.41, 5.74) is 2.22. The number of ether oxygens (including phenoxy) is 2. The Balaban J connectivity index is 1.73. The Morgan fingerprint density at radius 2 is 1.59 bits per heavy atom. The van der Waals surface area contributed by atoms with Crippen molar-refractivity contribution in [2.45, 2.75) is 25.3 Å². The first-order valence-corrected chi connectivity index (χ1v) is 12.5. The highest BCUT2D eigenvalue weighted by molar-refractivity contribution is 7.89. The van der Waals surface area contributed by atoms with Crippen molar-refractivity contribution >= 4 is 21.9 Å². The zero-order valence-corrected chi connectivity index (χ0v) is 20.4. The molecule has 0 spiro atoms. The van der Waals surface area contributed by atoms with E-state index in [1.165, 1.54) is 34.6 Å². The standard InChI is InChI=1S/C27H29NO5S/c1-4-28(5-2)34(30,31)24-15-13-23(14-16-24)25(29)17-11-21-12-18-26(32-3)27(19-21)33-20-22-9-7-6-8-10-22/h6-19H,4-5,20H2,1-3H3. The van der Waals surface area contributed by atoms with Gasteiger partial charge in [0, 0.05) is 18.7 Å². The summed E-state index contributed by atoms with van der Waals surface area (Å²) in [5, 5.41) is 0. The van der Waals surface area contributed by atoms with Crippen LogP contribution in [0.25, 0.3) is 6.08 Å². The van der Waals surface area contributed by atoms with Crippen LogP contribution in [-0.4, -0.2) is 38.7 Å². The molecule has 0 bridgehead atoms. The average Bonchev–Trinajstić information content (AvgIpc) is 2.87. The molecule has 0 atom stereocenters. The summed E-state index contributed by atoms with van der Waals surface area (Å²) in [6, 6.07) is 21.2. The number of carbonyl (C=O) groups excluding carboxylic acids is 1. The highest BCUT2D eigenvalue weighted by atomic mass is 32.2. The number of nitrogens with zero attached hydrogens (tertiary/aromatic N) is 1. The Labute approximate surface area is 201 Å². The van der Waals surface area contributed by atoms with Gasteiger partial charge in [0.25, 0.3) is 0 Å². The van der Waals surface area contributed by atoms with Crippen LogP contribution in [0.1, 0.15) is 35.3 Å². The zero-order valence-electron chi connectivity index (χ0n) is 19.6. The van der Waals surface area contributed by atoms with Crippen LogP contribution in [0.4, 0.5) is 0 Å². The molecular weight excluding hydrogens is 450 g/mol. The van der Waals surface area contributed by atoms with E-state index in [1.54, 1.807) is 33.1 Å². The van der Waals surface area contributed by atoms with Crippen molar-refractivity contribution in [2.75, 3.05) is 20.2 Å². The Hall–Kier alpha value is -3.42. The van der Waals surface area contributed by atoms with Crippen LogP contribution in [0, 0.1) is 0 Å². The molecule has 178 valence electrons. The van der Waals surface area contributed by atoms with E-state index in [0.717, 1.165) is 11.1 Å². The van der Waals surface area contributed by atoms with Gasteiger partial charge in [-0.25, -0.2) is 8.42 Å². The van der Waals surface area contributed by atoms with E-state index < -0.39 is 10.0 Å². The fourth-order valence-corrected chi connectivity index (χ4v) is 4.87. The van der Waals surface area contributed by atoms with E-state index in [1.807, 2.05) is 42.5 Å². The average molecular weight is 480 g/mol. The fraction of sp³-hybridized carbons (Fsp3) is 0.222. The van der Waals surface area contributed by atoms with Crippen molar-refractivity contribution in [3.05, 3.63) is 95.6 Å². The summed E-state index contributed by atoms with van der Waals surface area (Å²) < 4.78 is 37.9. The summed E-state index contributed by atoms with van der Waals surface area (Å²) in [6.45, 7) is 4.76. The molecule has 0 aliphatic rings. The van der Waals surface area contributed by atoms with Gasteiger partial charge in [-0.15, -0.1) is 0 Å². The normalized spacial score (nSPS) is 11.6. The minimum absolute atomic E-state index is 0.173. The summed E-state index contributed by atoms with van der Waals surface area (Å²) >= 11 is 0. The second kappa shape index (κ2) is 11.6. The van der Waals surface area contributed by atoms with E-state index >= 15 is 0 Å². The Bertz CT molecular complexity index is 1230. The lowest BCUT2D eigenvalue weighted by molar-refractivity contribution is 0.104. The third-order valence-electron chi connectivity index (χ3n) is 5.33. The predicted molar refractivity (Wildman–Crippen MR) is 134 cm³/mol. The molecule has 3 aromatic carbocycles. The van der Waals surface area contributed by atoms with Gasteiger partial charge in [-0.1, -0.05) is 56.3 Å². The van der Waals surface area contributed by atoms with Crippen molar-refractivity contribution < 1.29 is 22.7 Å². The maximum Gasteiger partial charge on any atom is 0.243 e. The number of ketones is 1. The van der Waals surface area contributed by atoms with Crippen molar-refractivity contribution in [1.82, 2.24) is 4.31 Å². The first-order chi connectivity index (χ1) is 16.4. The monoisotopic (exact) mass is 479 g/mol. The van der Waals surface area contributed by atoms with Crippen LogP contribution in [0.3, 0.4) is 0 Å². The largest absolute Gasteiger partial charge is 0.493 e. The van der Waals surface area contributed by atoms with Gasteiger partial charge in [0.05, 0.1) is 12.0 Å². The molecule has 0 aliphatic heterocycles. The lowest BCUT2D eigenvalue weighted by atomic mass is 10.1. The minimum atomic E-state index is -3.56. The van der Waals surface area contributed by atoms with Gasteiger partial charge in [0.15, 0.2) is 17.3 Å². The minimum Gasteiger partial charge on any atom is -0.493 e. The maximum absolute atomic E-state index is 12.6. The molecule has 0 N–H and O–H groups in total. The molecule has 0 saturated carbocycles. The van der Waals surface area contributed by atoms with Gasteiger partial charge >= 0.3 is 0 Å². The molecule has 0 unspecified atom stereocenters. The van der Waals surface area contributed by atoms with Crippen molar-refractivity contribution in [1.29, 1.82) is 0 Å². The molecular formula is C27H29NO5S. The third kappa shape index (κ3) is 6.12. The molecule has 0 aromatic heterocycles. The van der Waals surface area contributed by atoms with E-state index in [-0.39, 0.29) is 10.7 Å². The lowest BCUT2D eigenvalue weighted by Gasteiger charge is -2.18. The third-order valence-corrected chi connectivity index (χ3v) is 7.40. The molecule has 3 aromatic rings. The maximum atomic E-state index is 12.6. The topological polar surface area (TPSA) is 72.9 Å². The van der Waals surface area contributed by atoms with E-state index in [4.69, 9.17) is 9.47 Å². The Morgan fingerprint density at radius 3 is 2.21 bits per heavy atom. The predicted octanol–water partition coefficient (Wildman–Crippen LogP) is 5.20. The van der Waals surface area contributed by atoms with Crippen LogP contribution in [0.5, 0.6) is 11.5 Å². The number of benzene rings is 3. The van der Waals surface area contributed by atoms with Gasteiger partial charge in [-0.2, -0.15) is 4.31 Å². The first-order valence-electron chi connectivity index (χ1n) is 11.1. The van der Waals surface area contributed by atoms with Gasteiger partial charge in [-0.3, -0.25) is 4.79 Å².